The molecule has 0 aliphatic heterocycles. The minimum atomic E-state index is -3.73. The summed E-state index contributed by atoms with van der Waals surface area (Å²) < 4.78 is 27.5. The van der Waals surface area contributed by atoms with Gasteiger partial charge in [-0.15, -0.1) is 0 Å². The molecule has 1 aromatic heterocycles. The molecular weight excluding hydrogens is 278 g/mol. The van der Waals surface area contributed by atoms with Gasteiger partial charge in [0.25, 0.3) is 0 Å². The topological polar surface area (TPSA) is 114 Å². The number of nitrogens with one attached hydrogen (secondary N) is 2. The van der Waals surface area contributed by atoms with Gasteiger partial charge in [-0.3, -0.25) is 5.10 Å². The second kappa shape index (κ2) is 5.22. The first-order valence-electron chi connectivity index (χ1n) is 6.06. The van der Waals surface area contributed by atoms with Gasteiger partial charge in [-0.25, -0.2) is 18.1 Å². The predicted octanol–water partition coefficient (Wildman–Crippen LogP) is 1.04. The standard InChI is InChI=1S/C12H17N5O2S/c1-7-4-5-8(2)11(10(7)13)20(18,19)17-9(3)12-14-6-15-16-12/h4-6,9,17H,13H2,1-3H3,(H,14,15,16). The van der Waals surface area contributed by atoms with Crippen molar-refractivity contribution in [1.29, 1.82) is 0 Å². The van der Waals surface area contributed by atoms with Gasteiger partial charge in [0.1, 0.15) is 17.0 Å². The lowest BCUT2D eigenvalue weighted by atomic mass is 10.1. The van der Waals surface area contributed by atoms with Gasteiger partial charge < -0.3 is 5.73 Å². The van der Waals surface area contributed by atoms with Crippen molar-refractivity contribution in [2.24, 2.45) is 0 Å². The lowest BCUT2D eigenvalue weighted by Crippen LogP contribution is -2.29. The zero-order chi connectivity index (χ0) is 14.9. The Hall–Kier alpha value is -1.93. The van der Waals surface area contributed by atoms with Crippen LogP contribution in [0.25, 0.3) is 0 Å². The largest absolute Gasteiger partial charge is 0.397 e. The maximum Gasteiger partial charge on any atom is 0.243 e. The molecule has 1 aromatic carbocycles. The van der Waals surface area contributed by atoms with Gasteiger partial charge in [-0.05, 0) is 31.9 Å². The summed E-state index contributed by atoms with van der Waals surface area (Å²) in [5.74, 6) is 0.442. The lowest BCUT2D eigenvalue weighted by Gasteiger charge is -2.16. The van der Waals surface area contributed by atoms with Crippen LogP contribution < -0.4 is 10.5 Å². The smallest absolute Gasteiger partial charge is 0.243 e. The van der Waals surface area contributed by atoms with Crippen LogP contribution in [-0.4, -0.2) is 23.6 Å². The van der Waals surface area contributed by atoms with Crippen LogP contribution in [-0.2, 0) is 10.0 Å². The number of aromatic amines is 1. The summed E-state index contributed by atoms with van der Waals surface area (Å²) in [4.78, 5) is 4.05. The Bertz CT molecular complexity index is 710. The highest BCUT2D eigenvalue weighted by atomic mass is 32.2. The Kier molecular flexibility index (Phi) is 3.78. The number of hydrogen-bond acceptors (Lipinski definition) is 5. The van der Waals surface area contributed by atoms with E-state index in [4.69, 9.17) is 5.73 Å². The minimum absolute atomic E-state index is 0.115. The fourth-order valence-electron chi connectivity index (χ4n) is 1.93. The summed E-state index contributed by atoms with van der Waals surface area (Å²) in [6, 6.07) is 3.00. The van der Waals surface area contributed by atoms with Crippen LogP contribution in [0.3, 0.4) is 0 Å². The highest BCUT2D eigenvalue weighted by molar-refractivity contribution is 7.89. The third-order valence-corrected chi connectivity index (χ3v) is 4.80. The molecule has 1 atom stereocenters. The molecule has 2 aromatic rings. The average molecular weight is 295 g/mol. The van der Waals surface area contributed by atoms with Gasteiger partial charge >= 0.3 is 0 Å². The normalized spacial score (nSPS) is 13.3. The molecule has 4 N–H and O–H groups in total. The molecule has 0 saturated carbocycles. The number of anilines is 1. The molecule has 0 saturated heterocycles. The van der Waals surface area contributed by atoms with E-state index in [0.29, 0.717) is 11.4 Å². The highest BCUT2D eigenvalue weighted by Crippen LogP contribution is 2.26. The van der Waals surface area contributed by atoms with Gasteiger partial charge in [-0.2, -0.15) is 5.10 Å². The third-order valence-electron chi connectivity index (χ3n) is 3.06. The lowest BCUT2D eigenvalue weighted by molar-refractivity contribution is 0.560. The molecule has 7 nitrogen and oxygen atoms in total. The summed E-state index contributed by atoms with van der Waals surface area (Å²) >= 11 is 0. The number of aryl methyl sites for hydroxylation is 2. The van der Waals surface area contributed by atoms with Crippen LogP contribution in [0.2, 0.25) is 0 Å². The number of nitrogens with zero attached hydrogens (tertiary/aromatic N) is 2. The molecule has 0 fully saturated rings. The van der Waals surface area contributed by atoms with Crippen LogP contribution >= 0.6 is 0 Å². The third kappa shape index (κ3) is 2.66. The van der Waals surface area contributed by atoms with Crippen molar-refractivity contribution in [1.82, 2.24) is 19.9 Å². The van der Waals surface area contributed by atoms with E-state index >= 15 is 0 Å². The molecule has 0 aliphatic rings. The van der Waals surface area contributed by atoms with Crippen molar-refractivity contribution in [2.45, 2.75) is 31.7 Å². The van der Waals surface area contributed by atoms with Gasteiger partial charge in [-0.1, -0.05) is 12.1 Å². The summed E-state index contributed by atoms with van der Waals surface area (Å²) in [5, 5.41) is 6.33. The number of benzene rings is 1. The van der Waals surface area contributed by atoms with Gasteiger partial charge in [0, 0.05) is 0 Å². The molecule has 0 bridgehead atoms. The maximum absolute atomic E-state index is 12.5. The van der Waals surface area contributed by atoms with Crippen LogP contribution in [0.5, 0.6) is 0 Å². The second-order valence-corrected chi connectivity index (χ2v) is 6.31. The minimum Gasteiger partial charge on any atom is -0.397 e. The van der Waals surface area contributed by atoms with Crippen molar-refractivity contribution < 1.29 is 8.42 Å². The zero-order valence-corrected chi connectivity index (χ0v) is 12.3. The Morgan fingerprint density at radius 1 is 1.30 bits per heavy atom. The monoisotopic (exact) mass is 295 g/mol. The van der Waals surface area contributed by atoms with E-state index in [-0.39, 0.29) is 10.6 Å². The first-order chi connectivity index (χ1) is 9.33. The quantitative estimate of drug-likeness (QED) is 0.729. The molecule has 0 radical (unpaired) electrons. The summed E-state index contributed by atoms with van der Waals surface area (Å²) in [6.45, 7) is 5.16. The van der Waals surface area contributed by atoms with Gasteiger partial charge in [0.2, 0.25) is 10.0 Å². The number of rotatable bonds is 4. The molecule has 8 heteroatoms. The summed E-state index contributed by atoms with van der Waals surface area (Å²) in [5.41, 5.74) is 7.50. The Balaban J connectivity index is 2.39. The second-order valence-electron chi connectivity index (χ2n) is 4.66. The van der Waals surface area contributed by atoms with E-state index in [1.165, 1.54) is 6.33 Å². The van der Waals surface area contributed by atoms with E-state index in [2.05, 4.69) is 19.9 Å². The fourth-order valence-corrected chi connectivity index (χ4v) is 3.57. The van der Waals surface area contributed by atoms with Crippen molar-refractivity contribution >= 4 is 15.7 Å². The number of aromatic nitrogens is 3. The van der Waals surface area contributed by atoms with E-state index in [1.54, 1.807) is 32.9 Å². The van der Waals surface area contributed by atoms with Crippen LogP contribution in [0.15, 0.2) is 23.4 Å². The number of H-pyrrole nitrogens is 1. The fraction of sp³-hybridized carbons (Fsp3) is 0.333. The average Bonchev–Trinajstić information content (AvgIpc) is 2.87. The Morgan fingerprint density at radius 3 is 2.55 bits per heavy atom. The number of nitrogens with two attached hydrogens (primary N) is 1. The summed E-state index contributed by atoms with van der Waals surface area (Å²) in [7, 11) is -3.73. The number of hydrogen-bond donors (Lipinski definition) is 3. The molecule has 0 amide bonds. The van der Waals surface area contributed by atoms with Gasteiger partial charge in [0.05, 0.1) is 11.7 Å². The van der Waals surface area contributed by atoms with Crippen LogP contribution in [0.4, 0.5) is 5.69 Å². The Morgan fingerprint density at radius 2 is 1.95 bits per heavy atom. The summed E-state index contributed by atoms with van der Waals surface area (Å²) in [6.07, 6.45) is 1.33. The van der Waals surface area contributed by atoms with Crippen molar-refractivity contribution in [3.05, 3.63) is 35.4 Å². The van der Waals surface area contributed by atoms with E-state index in [1.807, 2.05) is 0 Å². The van der Waals surface area contributed by atoms with E-state index < -0.39 is 16.1 Å². The predicted molar refractivity (Wildman–Crippen MR) is 75.4 cm³/mol. The highest BCUT2D eigenvalue weighted by Gasteiger charge is 2.24. The molecular formula is C12H17N5O2S. The van der Waals surface area contributed by atoms with Crippen molar-refractivity contribution in [3.8, 4) is 0 Å². The first kappa shape index (κ1) is 14.5. The maximum atomic E-state index is 12.5. The first-order valence-corrected chi connectivity index (χ1v) is 7.54. The number of sulfonamides is 1. The van der Waals surface area contributed by atoms with Crippen molar-refractivity contribution in [2.75, 3.05) is 5.73 Å². The molecule has 2 rings (SSSR count). The van der Waals surface area contributed by atoms with Crippen LogP contribution in [0.1, 0.15) is 29.9 Å². The van der Waals surface area contributed by atoms with E-state index in [9.17, 15) is 8.42 Å². The van der Waals surface area contributed by atoms with Crippen LogP contribution in [0, 0.1) is 13.8 Å². The number of nitrogen functional groups attached to an aromatic ring is 1. The SMILES string of the molecule is Cc1ccc(C)c(S(=O)(=O)NC(C)c2ncn[nH]2)c1N. The molecule has 0 spiro atoms. The molecule has 0 aliphatic carbocycles. The Labute approximate surface area is 117 Å². The van der Waals surface area contributed by atoms with E-state index in [0.717, 1.165) is 5.56 Å². The molecule has 108 valence electrons. The molecule has 20 heavy (non-hydrogen) atoms. The molecule has 1 unspecified atom stereocenters. The van der Waals surface area contributed by atoms with Gasteiger partial charge in [0.15, 0.2) is 0 Å². The zero-order valence-electron chi connectivity index (χ0n) is 11.5. The molecule has 1 heterocycles. The van der Waals surface area contributed by atoms with Crippen molar-refractivity contribution in [3.63, 3.8) is 0 Å².